The Morgan fingerprint density at radius 1 is 0.769 bits per heavy atom. The number of anilines is 1. The fourth-order valence-electron chi connectivity index (χ4n) is 3.19. The molecule has 0 bridgehead atoms. The molecule has 2 N–H and O–H groups in total. The largest absolute Gasteiger partial charge is 0.368 e. The van der Waals surface area contributed by atoms with Gasteiger partial charge in [0.25, 0.3) is 0 Å². The molecule has 1 heterocycles. The number of fused-ring (bicyclic) bond motifs is 1. The highest BCUT2D eigenvalue weighted by atomic mass is 19.1. The van der Waals surface area contributed by atoms with Gasteiger partial charge in [0, 0.05) is 16.6 Å². The molecule has 0 spiro atoms. The predicted molar refractivity (Wildman–Crippen MR) is 103 cm³/mol. The van der Waals surface area contributed by atoms with Crippen molar-refractivity contribution < 1.29 is 4.39 Å². The molecule has 4 heteroatoms. The first-order chi connectivity index (χ1) is 12.7. The van der Waals surface area contributed by atoms with Crippen molar-refractivity contribution in [1.29, 1.82) is 0 Å². The quantitative estimate of drug-likeness (QED) is 0.579. The fraction of sp³-hybridized carbons (Fsp3) is 0.0909. The molecule has 1 aromatic heterocycles. The molecule has 0 amide bonds. The van der Waals surface area contributed by atoms with Gasteiger partial charge in [0.2, 0.25) is 5.95 Å². The topological polar surface area (TPSA) is 51.8 Å². The highest BCUT2D eigenvalue weighted by Gasteiger charge is 2.11. The maximum absolute atomic E-state index is 14.1. The van der Waals surface area contributed by atoms with Crippen molar-refractivity contribution in [2.75, 3.05) is 5.73 Å². The van der Waals surface area contributed by atoms with E-state index >= 15 is 0 Å². The molecule has 3 aromatic carbocycles. The van der Waals surface area contributed by atoms with Gasteiger partial charge in [0.05, 0.1) is 5.69 Å². The fourth-order valence-corrected chi connectivity index (χ4v) is 3.19. The van der Waals surface area contributed by atoms with E-state index in [1.165, 1.54) is 11.6 Å². The molecule has 0 radical (unpaired) electrons. The van der Waals surface area contributed by atoms with E-state index < -0.39 is 0 Å². The predicted octanol–water partition coefficient (Wildman–Crippen LogP) is 4.80. The lowest BCUT2D eigenvalue weighted by Gasteiger charge is -2.10. The summed E-state index contributed by atoms with van der Waals surface area (Å²) in [5.41, 5.74) is 9.65. The molecule has 4 rings (SSSR count). The Bertz CT molecular complexity index is 1060. The minimum atomic E-state index is -0.240. The van der Waals surface area contributed by atoms with Crippen molar-refractivity contribution in [1.82, 2.24) is 9.97 Å². The van der Waals surface area contributed by atoms with E-state index in [1.54, 1.807) is 12.1 Å². The third-order valence-corrected chi connectivity index (χ3v) is 4.46. The number of hydrogen-bond donors (Lipinski definition) is 1. The van der Waals surface area contributed by atoms with Crippen LogP contribution in [0, 0.1) is 5.82 Å². The summed E-state index contributed by atoms with van der Waals surface area (Å²) in [6.45, 7) is 0. The molecule has 0 unspecified atom stereocenters. The minimum absolute atomic E-state index is 0.235. The second-order valence-electron chi connectivity index (χ2n) is 6.23. The lowest BCUT2D eigenvalue weighted by molar-refractivity contribution is 0.640. The number of aromatic nitrogens is 2. The number of rotatable bonds is 4. The van der Waals surface area contributed by atoms with Crippen LogP contribution in [0.5, 0.6) is 0 Å². The molecule has 4 aromatic rings. The van der Waals surface area contributed by atoms with E-state index in [0.717, 1.165) is 35.2 Å². The first-order valence-electron chi connectivity index (χ1n) is 8.56. The van der Waals surface area contributed by atoms with Crippen LogP contribution >= 0.6 is 0 Å². The van der Waals surface area contributed by atoms with Crippen LogP contribution in [0.2, 0.25) is 0 Å². The minimum Gasteiger partial charge on any atom is -0.368 e. The van der Waals surface area contributed by atoms with E-state index in [-0.39, 0.29) is 11.8 Å². The number of benzene rings is 3. The SMILES string of the molecule is Nc1nc(CCc2ccccc2)cc(-c2ccc(F)c3ccccc23)n1. The van der Waals surface area contributed by atoms with Crippen LogP contribution in [-0.4, -0.2) is 9.97 Å². The van der Waals surface area contributed by atoms with Crippen molar-refractivity contribution in [3.05, 3.63) is 89.9 Å². The summed E-state index contributed by atoms with van der Waals surface area (Å²) >= 11 is 0. The van der Waals surface area contributed by atoms with Crippen molar-refractivity contribution in [2.45, 2.75) is 12.8 Å². The smallest absolute Gasteiger partial charge is 0.220 e. The van der Waals surface area contributed by atoms with Crippen LogP contribution in [0.4, 0.5) is 10.3 Å². The first kappa shape index (κ1) is 16.2. The van der Waals surface area contributed by atoms with E-state index in [1.807, 2.05) is 42.5 Å². The molecule has 0 atom stereocenters. The average molecular weight is 343 g/mol. The molecule has 128 valence electrons. The summed E-state index contributed by atoms with van der Waals surface area (Å²) in [6, 6.07) is 22.8. The maximum Gasteiger partial charge on any atom is 0.220 e. The summed E-state index contributed by atoms with van der Waals surface area (Å²) in [6.07, 6.45) is 1.64. The Balaban J connectivity index is 1.72. The summed E-state index contributed by atoms with van der Waals surface area (Å²) in [4.78, 5) is 8.75. The summed E-state index contributed by atoms with van der Waals surface area (Å²) in [5, 5.41) is 1.40. The monoisotopic (exact) mass is 343 g/mol. The molecule has 0 aliphatic rings. The number of nitrogen functional groups attached to an aromatic ring is 1. The molecule has 3 nitrogen and oxygen atoms in total. The van der Waals surface area contributed by atoms with Gasteiger partial charge in [-0.15, -0.1) is 0 Å². The van der Waals surface area contributed by atoms with E-state index in [4.69, 9.17) is 5.73 Å². The number of nitrogens with zero attached hydrogens (tertiary/aromatic N) is 2. The normalized spacial score (nSPS) is 11.0. The van der Waals surface area contributed by atoms with Crippen LogP contribution in [0.1, 0.15) is 11.3 Å². The lowest BCUT2D eigenvalue weighted by Crippen LogP contribution is -2.03. The zero-order valence-corrected chi connectivity index (χ0v) is 14.2. The van der Waals surface area contributed by atoms with Crippen LogP contribution in [-0.2, 0) is 12.8 Å². The van der Waals surface area contributed by atoms with Crippen molar-refractivity contribution in [3.8, 4) is 11.3 Å². The van der Waals surface area contributed by atoms with Gasteiger partial charge in [-0.3, -0.25) is 0 Å². The van der Waals surface area contributed by atoms with Gasteiger partial charge in [-0.2, -0.15) is 0 Å². The van der Waals surface area contributed by atoms with Crippen LogP contribution < -0.4 is 5.73 Å². The number of hydrogen-bond acceptors (Lipinski definition) is 3. The molecule has 0 fully saturated rings. The third-order valence-electron chi connectivity index (χ3n) is 4.46. The molecular weight excluding hydrogens is 325 g/mol. The van der Waals surface area contributed by atoms with Crippen LogP contribution in [0.15, 0.2) is 72.8 Å². The van der Waals surface area contributed by atoms with Gasteiger partial charge >= 0.3 is 0 Å². The lowest BCUT2D eigenvalue weighted by atomic mass is 10.0. The van der Waals surface area contributed by atoms with Gasteiger partial charge in [-0.1, -0.05) is 54.6 Å². The third kappa shape index (κ3) is 3.26. The van der Waals surface area contributed by atoms with E-state index in [9.17, 15) is 4.39 Å². The molecule has 0 saturated carbocycles. The zero-order chi connectivity index (χ0) is 17.9. The molecular formula is C22H18FN3. The van der Waals surface area contributed by atoms with E-state index in [2.05, 4.69) is 22.1 Å². The van der Waals surface area contributed by atoms with Gasteiger partial charge in [0.1, 0.15) is 5.82 Å². The number of halogens is 1. The average Bonchev–Trinajstić information content (AvgIpc) is 2.67. The molecule has 26 heavy (non-hydrogen) atoms. The second-order valence-corrected chi connectivity index (χ2v) is 6.23. The summed E-state index contributed by atoms with van der Waals surface area (Å²) in [5.74, 6) is -0.00496. The molecule has 0 aliphatic carbocycles. The number of nitrogens with two attached hydrogens (primary N) is 1. The van der Waals surface area contributed by atoms with Gasteiger partial charge in [-0.25, -0.2) is 14.4 Å². The highest BCUT2D eigenvalue weighted by Crippen LogP contribution is 2.30. The second kappa shape index (κ2) is 6.92. The van der Waals surface area contributed by atoms with Crippen LogP contribution in [0.25, 0.3) is 22.0 Å². The molecule has 0 saturated heterocycles. The first-order valence-corrected chi connectivity index (χ1v) is 8.56. The van der Waals surface area contributed by atoms with Gasteiger partial charge in [-0.05, 0) is 42.0 Å². The maximum atomic E-state index is 14.1. The Kier molecular flexibility index (Phi) is 4.32. The van der Waals surface area contributed by atoms with Gasteiger partial charge < -0.3 is 5.73 Å². The highest BCUT2D eigenvalue weighted by molar-refractivity contribution is 5.96. The Morgan fingerprint density at radius 3 is 2.31 bits per heavy atom. The van der Waals surface area contributed by atoms with Crippen molar-refractivity contribution >= 4 is 16.7 Å². The standard InChI is InChI=1S/C22H18FN3/c23-20-13-12-19(17-8-4-5-9-18(17)20)21-14-16(25-22(24)26-21)11-10-15-6-2-1-3-7-15/h1-9,12-14H,10-11H2,(H2,24,25,26). The Hall–Kier alpha value is -3.27. The Labute approximate surface area is 151 Å². The van der Waals surface area contributed by atoms with Crippen molar-refractivity contribution in [2.24, 2.45) is 0 Å². The van der Waals surface area contributed by atoms with Crippen LogP contribution in [0.3, 0.4) is 0 Å². The zero-order valence-electron chi connectivity index (χ0n) is 14.2. The molecule has 0 aliphatic heterocycles. The van der Waals surface area contributed by atoms with Crippen molar-refractivity contribution in [3.63, 3.8) is 0 Å². The Morgan fingerprint density at radius 2 is 1.50 bits per heavy atom. The summed E-state index contributed by atoms with van der Waals surface area (Å²) in [7, 11) is 0. The summed E-state index contributed by atoms with van der Waals surface area (Å²) < 4.78 is 14.1. The van der Waals surface area contributed by atoms with E-state index in [0.29, 0.717) is 5.39 Å². The van der Waals surface area contributed by atoms with Gasteiger partial charge in [0.15, 0.2) is 0 Å². The number of aryl methyl sites for hydroxylation is 2.